The lowest BCUT2D eigenvalue weighted by molar-refractivity contribution is -0.148. The van der Waals surface area contributed by atoms with Crippen LogP contribution in [0.4, 0.5) is 4.79 Å². The molecule has 1 saturated heterocycles. The van der Waals surface area contributed by atoms with Crippen molar-refractivity contribution in [3.8, 4) is 11.5 Å². The average molecular weight is 354 g/mol. The highest BCUT2D eigenvalue weighted by Gasteiger charge is 2.53. The van der Waals surface area contributed by atoms with E-state index in [1.807, 2.05) is 16.7 Å². The summed E-state index contributed by atoms with van der Waals surface area (Å²) in [6, 6.07) is 13.9. The fraction of sp³-hybridized carbons (Fsp3) is 0.111. The second-order valence-corrected chi connectivity index (χ2v) is 5.65. The molecule has 26 heavy (non-hydrogen) atoms. The predicted molar refractivity (Wildman–Crippen MR) is 88.6 cm³/mol. The number of carbonyl (C=O) groups is 4. The molecular weight excluding hydrogens is 340 g/mol. The Kier molecular flexibility index (Phi) is 4.40. The van der Waals surface area contributed by atoms with Crippen LogP contribution >= 0.6 is 0 Å². The third-order valence-corrected chi connectivity index (χ3v) is 3.97. The number of aliphatic carboxylic acids is 1. The molecule has 0 unspecified atom stereocenters. The second kappa shape index (κ2) is 6.67. The number of rotatable bonds is 5. The van der Waals surface area contributed by atoms with Gasteiger partial charge in [0.1, 0.15) is 11.5 Å². The zero-order valence-electron chi connectivity index (χ0n) is 13.4. The molecule has 2 aromatic carbocycles. The Hall–Kier alpha value is -3.68. The van der Waals surface area contributed by atoms with Gasteiger partial charge in [0.05, 0.1) is 6.42 Å². The van der Waals surface area contributed by atoms with Crippen molar-refractivity contribution in [2.45, 2.75) is 11.8 Å². The number of urea groups is 1. The molecule has 3 N–H and O–H groups in total. The molecule has 2 aromatic rings. The molecule has 1 heterocycles. The van der Waals surface area contributed by atoms with Crippen molar-refractivity contribution >= 4 is 23.8 Å². The molecule has 1 fully saturated rings. The first-order chi connectivity index (χ1) is 12.4. The lowest BCUT2D eigenvalue weighted by Crippen LogP contribution is -2.65. The first-order valence-electron chi connectivity index (χ1n) is 7.64. The minimum atomic E-state index is -2.04. The Morgan fingerprint density at radius 1 is 0.885 bits per heavy atom. The predicted octanol–water partition coefficient (Wildman–Crippen LogP) is 1.56. The van der Waals surface area contributed by atoms with Gasteiger partial charge in [-0.25, -0.2) is 4.79 Å². The Morgan fingerprint density at radius 3 is 1.96 bits per heavy atom. The van der Waals surface area contributed by atoms with Crippen LogP contribution in [0.15, 0.2) is 54.6 Å². The van der Waals surface area contributed by atoms with Crippen molar-refractivity contribution in [1.82, 2.24) is 10.6 Å². The second-order valence-electron chi connectivity index (χ2n) is 5.65. The largest absolute Gasteiger partial charge is 0.481 e. The zero-order valence-corrected chi connectivity index (χ0v) is 13.4. The van der Waals surface area contributed by atoms with Crippen molar-refractivity contribution in [1.29, 1.82) is 0 Å². The molecule has 0 radical (unpaired) electrons. The summed E-state index contributed by atoms with van der Waals surface area (Å²) in [5.74, 6) is -2.28. The number of hydrogen-bond acceptors (Lipinski definition) is 5. The summed E-state index contributed by atoms with van der Waals surface area (Å²) in [7, 11) is 0. The van der Waals surface area contributed by atoms with Gasteiger partial charge in [0.2, 0.25) is 11.8 Å². The molecule has 8 nitrogen and oxygen atoms in total. The molecule has 1 aliphatic heterocycles. The van der Waals surface area contributed by atoms with Crippen molar-refractivity contribution in [2.24, 2.45) is 0 Å². The number of barbiturate groups is 1. The number of amides is 4. The SMILES string of the molecule is O=C(O)CC1(c2ccc(Oc3ccccc3)cc2)C(=O)NC(=O)NC1=O. The van der Waals surface area contributed by atoms with E-state index in [-0.39, 0.29) is 5.56 Å². The monoisotopic (exact) mass is 354 g/mol. The van der Waals surface area contributed by atoms with Crippen LogP contribution in [0.2, 0.25) is 0 Å². The van der Waals surface area contributed by atoms with Crippen LogP contribution in [0.3, 0.4) is 0 Å². The van der Waals surface area contributed by atoms with Crippen LogP contribution in [-0.2, 0) is 19.8 Å². The van der Waals surface area contributed by atoms with E-state index >= 15 is 0 Å². The van der Waals surface area contributed by atoms with Crippen LogP contribution in [0.25, 0.3) is 0 Å². The highest BCUT2D eigenvalue weighted by atomic mass is 16.5. The normalized spacial score (nSPS) is 15.8. The van der Waals surface area contributed by atoms with Crippen molar-refractivity contribution in [3.63, 3.8) is 0 Å². The first-order valence-corrected chi connectivity index (χ1v) is 7.64. The standard InChI is InChI=1S/C18H14N2O6/c21-14(22)10-18(15(23)19-17(25)20-16(18)24)11-6-8-13(9-7-11)26-12-4-2-1-3-5-12/h1-9H,10H2,(H,21,22)(H2,19,20,23,24,25). The van der Waals surface area contributed by atoms with Gasteiger partial charge in [0, 0.05) is 0 Å². The number of ether oxygens (including phenoxy) is 1. The van der Waals surface area contributed by atoms with Gasteiger partial charge in [0.15, 0.2) is 5.41 Å². The smallest absolute Gasteiger partial charge is 0.328 e. The minimum absolute atomic E-state index is 0.141. The van der Waals surface area contributed by atoms with E-state index < -0.39 is 35.7 Å². The highest BCUT2D eigenvalue weighted by Crippen LogP contribution is 2.33. The average Bonchev–Trinajstić information content (AvgIpc) is 2.59. The van der Waals surface area contributed by atoms with Crippen LogP contribution in [0.5, 0.6) is 11.5 Å². The van der Waals surface area contributed by atoms with Gasteiger partial charge in [-0.2, -0.15) is 0 Å². The molecule has 0 bridgehead atoms. The molecule has 4 amide bonds. The molecule has 3 rings (SSSR count). The van der Waals surface area contributed by atoms with Gasteiger partial charge in [-0.05, 0) is 29.8 Å². The zero-order chi connectivity index (χ0) is 18.7. The Bertz CT molecular complexity index is 856. The molecule has 132 valence electrons. The molecule has 0 aliphatic carbocycles. The highest BCUT2D eigenvalue weighted by molar-refractivity contribution is 6.24. The van der Waals surface area contributed by atoms with Crippen molar-refractivity contribution in [3.05, 3.63) is 60.2 Å². The van der Waals surface area contributed by atoms with E-state index in [0.717, 1.165) is 0 Å². The topological polar surface area (TPSA) is 122 Å². The van der Waals surface area contributed by atoms with Gasteiger partial charge in [-0.15, -0.1) is 0 Å². The van der Waals surface area contributed by atoms with E-state index in [1.54, 1.807) is 24.3 Å². The quantitative estimate of drug-likeness (QED) is 0.701. The number of hydrogen-bond donors (Lipinski definition) is 3. The molecule has 0 aromatic heterocycles. The summed E-state index contributed by atoms with van der Waals surface area (Å²) >= 11 is 0. The first kappa shape index (κ1) is 17.2. The number of carbonyl (C=O) groups excluding carboxylic acids is 3. The summed E-state index contributed by atoms with van der Waals surface area (Å²) in [5, 5.41) is 13.1. The number of benzene rings is 2. The maximum atomic E-state index is 12.4. The van der Waals surface area contributed by atoms with Gasteiger partial charge in [0.25, 0.3) is 0 Å². The summed E-state index contributed by atoms with van der Waals surface area (Å²) < 4.78 is 5.63. The van der Waals surface area contributed by atoms with E-state index in [1.165, 1.54) is 24.3 Å². The summed E-state index contributed by atoms with van der Waals surface area (Å²) in [4.78, 5) is 47.3. The number of carboxylic acid groups (broad SMARTS) is 1. The van der Waals surface area contributed by atoms with Crippen molar-refractivity contribution < 1.29 is 29.0 Å². The number of para-hydroxylation sites is 1. The van der Waals surface area contributed by atoms with E-state index in [2.05, 4.69) is 0 Å². The third-order valence-electron chi connectivity index (χ3n) is 3.97. The minimum Gasteiger partial charge on any atom is -0.481 e. The van der Waals surface area contributed by atoms with Gasteiger partial charge >= 0.3 is 12.0 Å². The molecule has 1 aliphatic rings. The summed E-state index contributed by atoms with van der Waals surface area (Å²) in [6.07, 6.45) is -0.795. The Labute approximate surface area is 147 Å². The fourth-order valence-corrected chi connectivity index (χ4v) is 2.74. The van der Waals surface area contributed by atoms with Gasteiger partial charge in [-0.1, -0.05) is 30.3 Å². The Balaban J connectivity index is 1.95. The molecule has 0 spiro atoms. The molecule has 0 saturated carbocycles. The van der Waals surface area contributed by atoms with Crippen LogP contribution < -0.4 is 15.4 Å². The number of carboxylic acids is 1. The van der Waals surface area contributed by atoms with Crippen LogP contribution in [-0.4, -0.2) is 28.9 Å². The van der Waals surface area contributed by atoms with Gasteiger partial charge in [-0.3, -0.25) is 25.0 Å². The molecule has 0 atom stereocenters. The Morgan fingerprint density at radius 2 is 1.42 bits per heavy atom. The number of imide groups is 2. The van der Waals surface area contributed by atoms with Crippen LogP contribution in [0.1, 0.15) is 12.0 Å². The summed E-state index contributed by atoms with van der Waals surface area (Å²) in [5.41, 5.74) is -1.90. The van der Waals surface area contributed by atoms with Crippen molar-refractivity contribution in [2.75, 3.05) is 0 Å². The lowest BCUT2D eigenvalue weighted by Gasteiger charge is -2.33. The maximum absolute atomic E-state index is 12.4. The lowest BCUT2D eigenvalue weighted by atomic mass is 9.74. The van der Waals surface area contributed by atoms with E-state index in [9.17, 15) is 24.3 Å². The summed E-state index contributed by atoms with van der Waals surface area (Å²) in [6.45, 7) is 0. The molecular formula is C18H14N2O6. The van der Waals surface area contributed by atoms with Gasteiger partial charge < -0.3 is 9.84 Å². The van der Waals surface area contributed by atoms with Crippen LogP contribution in [0, 0.1) is 0 Å². The van der Waals surface area contributed by atoms with E-state index in [0.29, 0.717) is 11.5 Å². The third kappa shape index (κ3) is 3.12. The molecule has 8 heteroatoms. The number of nitrogens with one attached hydrogen (secondary N) is 2. The van der Waals surface area contributed by atoms with E-state index in [4.69, 9.17) is 4.74 Å². The fourth-order valence-electron chi connectivity index (χ4n) is 2.74. The maximum Gasteiger partial charge on any atom is 0.328 e.